The van der Waals surface area contributed by atoms with Crippen LogP contribution in [-0.2, 0) is 0 Å². The fourth-order valence-electron chi connectivity index (χ4n) is 3.22. The van der Waals surface area contributed by atoms with Gasteiger partial charge in [-0.15, -0.1) is 0 Å². The summed E-state index contributed by atoms with van der Waals surface area (Å²) < 4.78 is 0.848. The lowest BCUT2D eigenvalue weighted by Crippen LogP contribution is -2.40. The zero-order valence-corrected chi connectivity index (χ0v) is 14.5. The van der Waals surface area contributed by atoms with Gasteiger partial charge in [0.1, 0.15) is 0 Å². The molecule has 4 heteroatoms. The smallest absolute Gasteiger partial charge is 0.252 e. The Morgan fingerprint density at radius 3 is 2.62 bits per heavy atom. The number of rotatable bonds is 5. The van der Waals surface area contributed by atoms with Crippen molar-refractivity contribution in [2.75, 3.05) is 26.2 Å². The Labute approximate surface area is 136 Å². The van der Waals surface area contributed by atoms with E-state index in [2.05, 4.69) is 40.0 Å². The van der Waals surface area contributed by atoms with E-state index in [1.807, 2.05) is 24.3 Å². The number of halogens is 1. The second kappa shape index (κ2) is 7.95. The van der Waals surface area contributed by atoms with Crippen molar-refractivity contribution in [3.63, 3.8) is 0 Å². The lowest BCUT2D eigenvalue weighted by Gasteiger charge is -2.34. The van der Waals surface area contributed by atoms with E-state index in [9.17, 15) is 4.79 Å². The molecule has 3 nitrogen and oxygen atoms in total. The molecular formula is C17H25BrN2O. The van der Waals surface area contributed by atoms with Crippen LogP contribution in [0.15, 0.2) is 28.7 Å². The molecule has 2 rings (SSSR count). The summed E-state index contributed by atoms with van der Waals surface area (Å²) in [6.45, 7) is 8.87. The maximum absolute atomic E-state index is 12.1. The molecule has 116 valence electrons. The molecule has 1 amide bonds. The molecule has 2 atom stereocenters. The largest absolute Gasteiger partial charge is 0.352 e. The molecular weight excluding hydrogens is 328 g/mol. The predicted molar refractivity (Wildman–Crippen MR) is 90.5 cm³/mol. The van der Waals surface area contributed by atoms with Crippen LogP contribution >= 0.6 is 15.9 Å². The second-order valence-electron chi connectivity index (χ2n) is 6.29. The molecule has 0 aromatic heterocycles. The van der Waals surface area contributed by atoms with E-state index in [0.717, 1.165) is 35.8 Å². The zero-order valence-electron chi connectivity index (χ0n) is 12.9. The number of benzene rings is 1. The topological polar surface area (TPSA) is 32.3 Å². The third kappa shape index (κ3) is 5.11. The monoisotopic (exact) mass is 352 g/mol. The second-order valence-corrected chi connectivity index (χ2v) is 7.15. The highest BCUT2D eigenvalue weighted by Gasteiger charge is 2.21. The molecule has 0 spiro atoms. The Hall–Kier alpha value is -0.870. The third-order valence-corrected chi connectivity index (χ3v) is 4.69. The van der Waals surface area contributed by atoms with Crippen molar-refractivity contribution in [2.45, 2.75) is 26.7 Å². The van der Waals surface area contributed by atoms with Crippen LogP contribution in [0.3, 0.4) is 0 Å². The Kier molecular flexibility index (Phi) is 6.24. The molecule has 1 N–H and O–H groups in total. The highest BCUT2D eigenvalue weighted by molar-refractivity contribution is 9.10. The van der Waals surface area contributed by atoms with Crippen molar-refractivity contribution in [1.82, 2.24) is 10.2 Å². The summed E-state index contributed by atoms with van der Waals surface area (Å²) in [6.07, 6.45) is 2.35. The molecule has 0 bridgehead atoms. The Balaban J connectivity index is 1.70. The maximum atomic E-state index is 12.1. The van der Waals surface area contributed by atoms with E-state index in [-0.39, 0.29) is 5.91 Å². The van der Waals surface area contributed by atoms with Crippen LogP contribution in [0.2, 0.25) is 0 Å². The highest BCUT2D eigenvalue weighted by Crippen LogP contribution is 2.20. The number of amides is 1. The molecule has 0 saturated carbocycles. The van der Waals surface area contributed by atoms with E-state index >= 15 is 0 Å². The van der Waals surface area contributed by atoms with Crippen LogP contribution in [0.5, 0.6) is 0 Å². The van der Waals surface area contributed by atoms with E-state index in [0.29, 0.717) is 5.56 Å². The molecule has 0 unspecified atom stereocenters. The van der Waals surface area contributed by atoms with E-state index in [1.165, 1.54) is 19.5 Å². The first-order valence-corrected chi connectivity index (χ1v) is 8.60. The minimum atomic E-state index is 0.00264. The van der Waals surface area contributed by atoms with Gasteiger partial charge in [-0.2, -0.15) is 0 Å². The summed E-state index contributed by atoms with van der Waals surface area (Å²) in [5.41, 5.74) is 0.706. The molecule has 0 aliphatic carbocycles. The van der Waals surface area contributed by atoms with Crippen molar-refractivity contribution >= 4 is 21.8 Å². The molecule has 0 radical (unpaired) electrons. The SMILES string of the molecule is C[C@@H]1C[C@H](C)CN(CCCNC(=O)c2ccccc2Br)C1. The minimum Gasteiger partial charge on any atom is -0.352 e. The van der Waals surface area contributed by atoms with Gasteiger partial charge in [-0.3, -0.25) is 4.79 Å². The van der Waals surface area contributed by atoms with Gasteiger partial charge >= 0.3 is 0 Å². The Bertz CT molecular complexity index is 468. The lowest BCUT2D eigenvalue weighted by atomic mass is 9.92. The van der Waals surface area contributed by atoms with Gasteiger partial charge in [-0.1, -0.05) is 26.0 Å². The van der Waals surface area contributed by atoms with Crippen molar-refractivity contribution in [1.29, 1.82) is 0 Å². The van der Waals surface area contributed by atoms with Crippen molar-refractivity contribution in [3.8, 4) is 0 Å². The van der Waals surface area contributed by atoms with Gasteiger partial charge in [0.2, 0.25) is 0 Å². The zero-order chi connectivity index (χ0) is 15.2. The molecule has 1 aliphatic rings. The van der Waals surface area contributed by atoms with Crippen LogP contribution in [0.4, 0.5) is 0 Å². The Morgan fingerprint density at radius 2 is 1.95 bits per heavy atom. The van der Waals surface area contributed by atoms with Crippen molar-refractivity contribution < 1.29 is 4.79 Å². The number of carbonyl (C=O) groups is 1. The molecule has 1 aliphatic heterocycles. The fraction of sp³-hybridized carbons (Fsp3) is 0.588. The van der Waals surface area contributed by atoms with E-state index < -0.39 is 0 Å². The number of carbonyl (C=O) groups excluding carboxylic acids is 1. The standard InChI is InChI=1S/C17H25BrN2O/c1-13-10-14(2)12-20(11-13)9-5-8-19-17(21)15-6-3-4-7-16(15)18/h3-4,6-7,13-14H,5,8-12H2,1-2H3,(H,19,21)/t13-,14+. The quantitative estimate of drug-likeness (QED) is 0.821. The summed E-state index contributed by atoms with van der Waals surface area (Å²) in [7, 11) is 0. The lowest BCUT2D eigenvalue weighted by molar-refractivity contribution is 0.0946. The van der Waals surface area contributed by atoms with Crippen LogP contribution in [-0.4, -0.2) is 37.0 Å². The Morgan fingerprint density at radius 1 is 1.29 bits per heavy atom. The van der Waals surface area contributed by atoms with Gasteiger partial charge in [0.25, 0.3) is 5.91 Å². The first kappa shape index (κ1) is 16.5. The summed E-state index contributed by atoms with van der Waals surface area (Å²) in [6, 6.07) is 7.54. The van der Waals surface area contributed by atoms with Crippen LogP contribution < -0.4 is 5.32 Å². The van der Waals surface area contributed by atoms with Crippen molar-refractivity contribution in [3.05, 3.63) is 34.3 Å². The molecule has 1 saturated heterocycles. The fourth-order valence-corrected chi connectivity index (χ4v) is 3.68. The van der Waals surface area contributed by atoms with E-state index in [4.69, 9.17) is 0 Å². The highest BCUT2D eigenvalue weighted by atomic mass is 79.9. The minimum absolute atomic E-state index is 0.00264. The van der Waals surface area contributed by atoms with Crippen LogP contribution in [0, 0.1) is 11.8 Å². The molecule has 1 aromatic rings. The van der Waals surface area contributed by atoms with Gasteiger partial charge in [0, 0.05) is 24.1 Å². The third-order valence-electron chi connectivity index (χ3n) is 4.00. The first-order valence-electron chi connectivity index (χ1n) is 7.81. The summed E-state index contributed by atoms with van der Waals surface area (Å²) in [4.78, 5) is 14.6. The maximum Gasteiger partial charge on any atom is 0.252 e. The van der Waals surface area contributed by atoms with Crippen LogP contribution in [0.25, 0.3) is 0 Å². The number of likely N-dealkylation sites (tertiary alicyclic amines) is 1. The van der Waals surface area contributed by atoms with Gasteiger partial charge in [0.05, 0.1) is 5.56 Å². The number of hydrogen-bond donors (Lipinski definition) is 1. The first-order chi connectivity index (χ1) is 10.1. The van der Waals surface area contributed by atoms with Gasteiger partial charge in [-0.25, -0.2) is 0 Å². The average Bonchev–Trinajstić information content (AvgIpc) is 2.43. The van der Waals surface area contributed by atoms with Gasteiger partial charge < -0.3 is 10.2 Å². The van der Waals surface area contributed by atoms with Gasteiger partial charge in [0.15, 0.2) is 0 Å². The molecule has 1 aromatic carbocycles. The number of nitrogens with zero attached hydrogens (tertiary/aromatic N) is 1. The summed E-state index contributed by atoms with van der Waals surface area (Å²) in [5, 5.41) is 3.01. The number of piperidine rings is 1. The summed E-state index contributed by atoms with van der Waals surface area (Å²) >= 11 is 3.41. The summed E-state index contributed by atoms with van der Waals surface area (Å²) in [5.74, 6) is 1.59. The number of nitrogens with one attached hydrogen (secondary N) is 1. The molecule has 1 heterocycles. The molecule has 21 heavy (non-hydrogen) atoms. The van der Waals surface area contributed by atoms with Crippen LogP contribution in [0.1, 0.15) is 37.0 Å². The predicted octanol–water partition coefficient (Wildman–Crippen LogP) is 3.55. The van der Waals surface area contributed by atoms with Crippen molar-refractivity contribution in [2.24, 2.45) is 11.8 Å². The normalized spacial score (nSPS) is 23.0. The van der Waals surface area contributed by atoms with Gasteiger partial charge in [-0.05, 0) is 59.3 Å². The average molecular weight is 353 g/mol. The molecule has 1 fully saturated rings. The number of hydrogen-bond acceptors (Lipinski definition) is 2. The van der Waals surface area contributed by atoms with E-state index in [1.54, 1.807) is 0 Å².